The second-order valence-electron chi connectivity index (χ2n) is 6.87. The fourth-order valence-electron chi connectivity index (χ4n) is 3.29. The van der Waals surface area contributed by atoms with E-state index in [9.17, 15) is 0 Å². The Bertz CT molecular complexity index is 486. The summed E-state index contributed by atoms with van der Waals surface area (Å²) in [4.78, 5) is 2.51. The third-order valence-corrected chi connectivity index (χ3v) is 5.00. The number of rotatable bonds is 5. The molecular formula is C18H28N2O. The molecule has 1 aliphatic heterocycles. The first-order valence-electron chi connectivity index (χ1n) is 8.37. The number of ether oxygens (including phenoxy) is 1. The Morgan fingerprint density at radius 3 is 2.95 bits per heavy atom. The Hall–Kier alpha value is -1.22. The van der Waals surface area contributed by atoms with Crippen LogP contribution in [0.4, 0.5) is 5.69 Å². The molecule has 0 spiro atoms. The van der Waals surface area contributed by atoms with Crippen LogP contribution in [0.25, 0.3) is 0 Å². The van der Waals surface area contributed by atoms with Gasteiger partial charge in [0.15, 0.2) is 0 Å². The van der Waals surface area contributed by atoms with Gasteiger partial charge in [0.05, 0.1) is 6.10 Å². The van der Waals surface area contributed by atoms with Gasteiger partial charge >= 0.3 is 0 Å². The van der Waals surface area contributed by atoms with Gasteiger partial charge in [0.2, 0.25) is 0 Å². The quantitative estimate of drug-likeness (QED) is 0.898. The van der Waals surface area contributed by atoms with Crippen LogP contribution in [0.2, 0.25) is 0 Å². The second-order valence-corrected chi connectivity index (χ2v) is 6.87. The van der Waals surface area contributed by atoms with E-state index in [1.165, 1.54) is 18.5 Å². The highest BCUT2D eigenvalue weighted by atomic mass is 16.5. The lowest BCUT2D eigenvalue weighted by Crippen LogP contribution is -2.60. The minimum absolute atomic E-state index is 0.278. The standard InChI is InChI=1S/C18H28N2O/c1-4-14(2)21-17-7-5-6-16(12-17)20-11-10-19-18(3,13-20)15-8-9-15/h5-7,12,14-15,19H,4,8-11,13H2,1-3H3. The SMILES string of the molecule is CCC(C)Oc1cccc(N2CCNC(C)(C3CC3)C2)c1. The van der Waals surface area contributed by atoms with E-state index < -0.39 is 0 Å². The summed E-state index contributed by atoms with van der Waals surface area (Å²) >= 11 is 0. The summed E-state index contributed by atoms with van der Waals surface area (Å²) in [5.41, 5.74) is 1.58. The van der Waals surface area contributed by atoms with Gasteiger partial charge in [-0.1, -0.05) is 13.0 Å². The average molecular weight is 288 g/mol. The van der Waals surface area contributed by atoms with Crippen molar-refractivity contribution >= 4 is 5.69 Å². The Kier molecular flexibility index (Phi) is 4.12. The molecule has 3 heteroatoms. The van der Waals surface area contributed by atoms with Crippen molar-refractivity contribution in [2.45, 2.75) is 51.7 Å². The maximum Gasteiger partial charge on any atom is 0.121 e. The van der Waals surface area contributed by atoms with Crippen LogP contribution < -0.4 is 15.0 Å². The largest absolute Gasteiger partial charge is 0.491 e. The van der Waals surface area contributed by atoms with E-state index >= 15 is 0 Å². The third kappa shape index (κ3) is 3.34. The van der Waals surface area contributed by atoms with Crippen molar-refractivity contribution in [2.24, 2.45) is 5.92 Å². The molecule has 1 heterocycles. The van der Waals surface area contributed by atoms with E-state index in [1.807, 2.05) is 0 Å². The number of hydrogen-bond donors (Lipinski definition) is 1. The fourth-order valence-corrected chi connectivity index (χ4v) is 3.29. The average Bonchev–Trinajstić information content (AvgIpc) is 3.32. The molecule has 21 heavy (non-hydrogen) atoms. The van der Waals surface area contributed by atoms with Gasteiger partial charge in [-0.3, -0.25) is 0 Å². The molecule has 2 aliphatic rings. The smallest absolute Gasteiger partial charge is 0.121 e. The topological polar surface area (TPSA) is 24.5 Å². The lowest BCUT2D eigenvalue weighted by atomic mass is 9.92. The van der Waals surface area contributed by atoms with Crippen LogP contribution in [0.1, 0.15) is 40.0 Å². The minimum Gasteiger partial charge on any atom is -0.491 e. The van der Waals surface area contributed by atoms with Gasteiger partial charge in [-0.15, -0.1) is 0 Å². The summed E-state index contributed by atoms with van der Waals surface area (Å²) in [6, 6.07) is 8.59. The molecule has 116 valence electrons. The van der Waals surface area contributed by atoms with E-state index in [0.717, 1.165) is 37.7 Å². The highest BCUT2D eigenvalue weighted by Gasteiger charge is 2.43. The van der Waals surface area contributed by atoms with Crippen molar-refractivity contribution in [3.8, 4) is 5.75 Å². The second kappa shape index (κ2) is 5.88. The Labute approximate surface area is 128 Å². The molecule has 2 atom stereocenters. The first kappa shape index (κ1) is 14.7. The highest BCUT2D eigenvalue weighted by Crippen LogP contribution is 2.41. The van der Waals surface area contributed by atoms with Crippen molar-refractivity contribution < 1.29 is 4.74 Å². The van der Waals surface area contributed by atoms with Gasteiger partial charge in [-0.2, -0.15) is 0 Å². The van der Waals surface area contributed by atoms with Gasteiger partial charge in [0, 0.05) is 36.9 Å². The molecule has 2 fully saturated rings. The van der Waals surface area contributed by atoms with Gasteiger partial charge in [-0.25, -0.2) is 0 Å². The molecule has 1 saturated carbocycles. The van der Waals surface area contributed by atoms with Gasteiger partial charge < -0.3 is 15.0 Å². The van der Waals surface area contributed by atoms with E-state index in [0.29, 0.717) is 0 Å². The first-order chi connectivity index (χ1) is 10.1. The number of nitrogens with zero attached hydrogens (tertiary/aromatic N) is 1. The van der Waals surface area contributed by atoms with Crippen LogP contribution in [-0.2, 0) is 0 Å². The van der Waals surface area contributed by atoms with E-state index in [4.69, 9.17) is 4.74 Å². The van der Waals surface area contributed by atoms with Crippen LogP contribution in [0, 0.1) is 5.92 Å². The molecule has 1 saturated heterocycles. The van der Waals surface area contributed by atoms with Crippen molar-refractivity contribution in [1.82, 2.24) is 5.32 Å². The number of anilines is 1. The van der Waals surface area contributed by atoms with Crippen molar-refractivity contribution in [2.75, 3.05) is 24.5 Å². The summed E-state index contributed by atoms with van der Waals surface area (Å²) in [5, 5.41) is 3.74. The summed E-state index contributed by atoms with van der Waals surface area (Å²) < 4.78 is 5.96. The molecule has 1 aromatic carbocycles. The number of benzene rings is 1. The van der Waals surface area contributed by atoms with E-state index in [2.05, 4.69) is 55.3 Å². The number of nitrogens with one attached hydrogen (secondary N) is 1. The molecular weight excluding hydrogens is 260 g/mol. The normalized spacial score (nSPS) is 27.5. The molecule has 0 aromatic heterocycles. The van der Waals surface area contributed by atoms with Crippen molar-refractivity contribution in [3.63, 3.8) is 0 Å². The Morgan fingerprint density at radius 2 is 2.24 bits per heavy atom. The van der Waals surface area contributed by atoms with Crippen LogP contribution in [0.15, 0.2) is 24.3 Å². The van der Waals surface area contributed by atoms with Gasteiger partial charge in [-0.05, 0) is 51.2 Å². The summed E-state index contributed by atoms with van der Waals surface area (Å²) in [5.74, 6) is 1.85. The maximum absolute atomic E-state index is 5.96. The molecule has 0 radical (unpaired) electrons. The zero-order valence-corrected chi connectivity index (χ0v) is 13.6. The van der Waals surface area contributed by atoms with E-state index in [1.54, 1.807) is 0 Å². The number of piperazine rings is 1. The highest BCUT2D eigenvalue weighted by molar-refractivity contribution is 5.51. The molecule has 0 bridgehead atoms. The van der Waals surface area contributed by atoms with Crippen LogP contribution in [0.5, 0.6) is 5.75 Å². The summed E-state index contributed by atoms with van der Waals surface area (Å²) in [6.07, 6.45) is 4.08. The van der Waals surface area contributed by atoms with Gasteiger partial charge in [0.25, 0.3) is 0 Å². The van der Waals surface area contributed by atoms with Crippen molar-refractivity contribution in [3.05, 3.63) is 24.3 Å². The predicted molar refractivity (Wildman–Crippen MR) is 88.2 cm³/mol. The lowest BCUT2D eigenvalue weighted by Gasteiger charge is -2.43. The lowest BCUT2D eigenvalue weighted by molar-refractivity contribution is 0.217. The minimum atomic E-state index is 0.278. The van der Waals surface area contributed by atoms with E-state index in [-0.39, 0.29) is 11.6 Å². The van der Waals surface area contributed by atoms with Crippen LogP contribution >= 0.6 is 0 Å². The first-order valence-corrected chi connectivity index (χ1v) is 8.37. The molecule has 3 nitrogen and oxygen atoms in total. The third-order valence-electron chi connectivity index (χ3n) is 5.00. The Balaban J connectivity index is 1.72. The number of hydrogen-bond acceptors (Lipinski definition) is 3. The summed E-state index contributed by atoms with van der Waals surface area (Å²) in [6.45, 7) is 9.92. The van der Waals surface area contributed by atoms with Crippen LogP contribution in [-0.4, -0.2) is 31.3 Å². The fraction of sp³-hybridized carbons (Fsp3) is 0.667. The van der Waals surface area contributed by atoms with Crippen LogP contribution in [0.3, 0.4) is 0 Å². The van der Waals surface area contributed by atoms with Crippen molar-refractivity contribution in [1.29, 1.82) is 0 Å². The molecule has 3 rings (SSSR count). The maximum atomic E-state index is 5.96. The molecule has 2 unspecified atom stereocenters. The molecule has 1 N–H and O–H groups in total. The Morgan fingerprint density at radius 1 is 1.43 bits per heavy atom. The predicted octanol–water partition coefficient (Wildman–Crippen LogP) is 3.44. The molecule has 1 aromatic rings. The zero-order chi connectivity index (χ0) is 14.9. The zero-order valence-electron chi connectivity index (χ0n) is 13.6. The molecule has 0 amide bonds. The van der Waals surface area contributed by atoms with Gasteiger partial charge in [0.1, 0.15) is 5.75 Å². The monoisotopic (exact) mass is 288 g/mol. The molecule has 1 aliphatic carbocycles. The summed E-state index contributed by atoms with van der Waals surface area (Å²) in [7, 11) is 0.